The summed E-state index contributed by atoms with van der Waals surface area (Å²) in [5.74, 6) is 0.765. The van der Waals surface area contributed by atoms with E-state index in [4.69, 9.17) is 10.5 Å². The molecule has 0 radical (unpaired) electrons. The predicted octanol–water partition coefficient (Wildman–Crippen LogP) is 1.69. The molecule has 0 amide bonds. The minimum Gasteiger partial charge on any atom is -0.474 e. The summed E-state index contributed by atoms with van der Waals surface area (Å²) in [4.78, 5) is 4.20. The molecule has 3 rings (SSSR count). The highest BCUT2D eigenvalue weighted by Crippen LogP contribution is 2.24. The van der Waals surface area contributed by atoms with Crippen molar-refractivity contribution in [2.24, 2.45) is 5.73 Å². The number of fused-ring (bicyclic) bond motifs is 1. The van der Waals surface area contributed by atoms with Crippen molar-refractivity contribution in [3.63, 3.8) is 0 Å². The molecule has 2 atom stereocenters. The van der Waals surface area contributed by atoms with Crippen LogP contribution in [-0.4, -0.2) is 26.7 Å². The van der Waals surface area contributed by atoms with E-state index in [1.54, 1.807) is 10.8 Å². The molecule has 96 valence electrons. The van der Waals surface area contributed by atoms with Gasteiger partial charge in [-0.25, -0.2) is 4.98 Å². The second kappa shape index (κ2) is 4.57. The number of aryl methyl sites for hydroxylation is 1. The van der Waals surface area contributed by atoms with Crippen LogP contribution in [0.2, 0.25) is 0 Å². The van der Waals surface area contributed by atoms with Crippen molar-refractivity contribution in [2.75, 3.05) is 0 Å². The summed E-state index contributed by atoms with van der Waals surface area (Å²) in [5.41, 5.74) is 7.94. The van der Waals surface area contributed by atoms with Crippen LogP contribution >= 0.6 is 0 Å². The zero-order valence-electron chi connectivity index (χ0n) is 10.5. The topological polar surface area (TPSA) is 65.4 Å². The first-order valence-corrected chi connectivity index (χ1v) is 6.45. The Morgan fingerprint density at radius 1 is 1.39 bits per heavy atom. The number of nitrogens with two attached hydrogens (primary N) is 1. The van der Waals surface area contributed by atoms with Crippen LogP contribution in [0, 0.1) is 6.92 Å². The zero-order valence-corrected chi connectivity index (χ0v) is 10.5. The van der Waals surface area contributed by atoms with Gasteiger partial charge in [0.05, 0.1) is 0 Å². The lowest BCUT2D eigenvalue weighted by atomic mass is 9.94. The van der Waals surface area contributed by atoms with Crippen molar-refractivity contribution in [1.82, 2.24) is 14.6 Å². The Kier molecular flexibility index (Phi) is 2.91. The van der Waals surface area contributed by atoms with Crippen molar-refractivity contribution in [1.29, 1.82) is 0 Å². The Labute approximate surface area is 106 Å². The summed E-state index contributed by atoms with van der Waals surface area (Å²) in [6, 6.07) is 4.26. The molecule has 2 N–H and O–H groups in total. The second-order valence-electron chi connectivity index (χ2n) is 5.07. The van der Waals surface area contributed by atoms with Crippen molar-refractivity contribution in [3.05, 3.63) is 24.0 Å². The van der Waals surface area contributed by atoms with E-state index < -0.39 is 0 Å². The first-order valence-electron chi connectivity index (χ1n) is 6.45. The molecule has 2 aromatic heterocycles. The highest BCUT2D eigenvalue weighted by Gasteiger charge is 2.21. The monoisotopic (exact) mass is 246 g/mol. The van der Waals surface area contributed by atoms with Crippen molar-refractivity contribution in [3.8, 4) is 5.88 Å². The lowest BCUT2D eigenvalue weighted by molar-refractivity contribution is 0.135. The van der Waals surface area contributed by atoms with Gasteiger partial charge in [0.2, 0.25) is 5.88 Å². The number of ether oxygens (including phenoxy) is 1. The molecule has 0 spiro atoms. The molecule has 1 aliphatic carbocycles. The van der Waals surface area contributed by atoms with Gasteiger partial charge >= 0.3 is 0 Å². The van der Waals surface area contributed by atoms with E-state index in [1.165, 1.54) is 0 Å². The summed E-state index contributed by atoms with van der Waals surface area (Å²) in [6.07, 6.45) is 5.98. The molecule has 5 nitrogen and oxygen atoms in total. The van der Waals surface area contributed by atoms with Gasteiger partial charge in [0, 0.05) is 12.1 Å². The zero-order chi connectivity index (χ0) is 12.5. The van der Waals surface area contributed by atoms with E-state index in [0.717, 1.165) is 42.8 Å². The van der Waals surface area contributed by atoms with Gasteiger partial charge in [-0.05, 0) is 44.2 Å². The lowest BCUT2D eigenvalue weighted by Crippen LogP contribution is -2.34. The third-order valence-electron chi connectivity index (χ3n) is 3.44. The fraction of sp³-hybridized carbons (Fsp3) is 0.538. The Morgan fingerprint density at radius 3 is 3.11 bits per heavy atom. The van der Waals surface area contributed by atoms with Crippen LogP contribution in [0.15, 0.2) is 18.5 Å². The summed E-state index contributed by atoms with van der Waals surface area (Å²) in [6.45, 7) is 2.04. The van der Waals surface area contributed by atoms with Gasteiger partial charge in [-0.3, -0.25) is 0 Å². The summed E-state index contributed by atoms with van der Waals surface area (Å²) < 4.78 is 7.80. The average Bonchev–Trinajstić information content (AvgIpc) is 2.77. The maximum absolute atomic E-state index is 6.06. The number of pyridine rings is 1. The van der Waals surface area contributed by atoms with Gasteiger partial charge in [-0.2, -0.15) is 9.61 Å². The molecule has 1 saturated carbocycles. The molecule has 0 saturated heterocycles. The number of hydrogen-bond acceptors (Lipinski definition) is 4. The minimum atomic E-state index is 0.197. The van der Waals surface area contributed by atoms with Gasteiger partial charge in [-0.15, -0.1) is 0 Å². The molecule has 2 unspecified atom stereocenters. The number of aromatic nitrogens is 3. The van der Waals surface area contributed by atoms with Gasteiger partial charge < -0.3 is 10.5 Å². The molecule has 5 heteroatoms. The van der Waals surface area contributed by atoms with E-state index in [9.17, 15) is 0 Å². The minimum absolute atomic E-state index is 0.197. The Bertz CT molecular complexity index is 551. The molecule has 1 fully saturated rings. The van der Waals surface area contributed by atoms with Crippen LogP contribution in [0.5, 0.6) is 5.88 Å². The van der Waals surface area contributed by atoms with Crippen molar-refractivity contribution < 1.29 is 4.74 Å². The van der Waals surface area contributed by atoms with Crippen LogP contribution in [0.25, 0.3) is 5.65 Å². The maximum Gasteiger partial charge on any atom is 0.216 e. The van der Waals surface area contributed by atoms with Crippen molar-refractivity contribution in [2.45, 2.75) is 44.8 Å². The standard InChI is InChI=1S/C13H18N4O/c1-9-5-12-15-8-16-17(12)13(6-9)18-11-4-2-3-10(14)7-11/h5-6,8,10-11H,2-4,7,14H2,1H3. The lowest BCUT2D eigenvalue weighted by Gasteiger charge is -2.27. The smallest absolute Gasteiger partial charge is 0.216 e. The molecule has 0 aromatic carbocycles. The van der Waals surface area contributed by atoms with Gasteiger partial charge in [-0.1, -0.05) is 0 Å². The third-order valence-corrected chi connectivity index (χ3v) is 3.44. The third kappa shape index (κ3) is 2.18. The fourth-order valence-corrected chi connectivity index (χ4v) is 2.56. The van der Waals surface area contributed by atoms with Crippen LogP contribution in [0.1, 0.15) is 31.2 Å². The molecule has 2 aromatic rings. The maximum atomic E-state index is 6.06. The fourth-order valence-electron chi connectivity index (χ4n) is 2.56. The highest BCUT2D eigenvalue weighted by atomic mass is 16.5. The molecular formula is C13H18N4O. The van der Waals surface area contributed by atoms with Crippen LogP contribution in [0.4, 0.5) is 0 Å². The SMILES string of the molecule is Cc1cc(OC2CCCC(N)C2)n2ncnc2c1. The highest BCUT2D eigenvalue weighted by molar-refractivity contribution is 5.43. The summed E-state index contributed by atoms with van der Waals surface area (Å²) >= 11 is 0. The number of hydrogen-bond donors (Lipinski definition) is 1. The largest absolute Gasteiger partial charge is 0.474 e. The van der Waals surface area contributed by atoms with E-state index in [-0.39, 0.29) is 12.1 Å². The average molecular weight is 246 g/mol. The molecule has 2 heterocycles. The molecule has 1 aliphatic rings. The van der Waals surface area contributed by atoms with Crippen molar-refractivity contribution >= 4 is 5.65 Å². The van der Waals surface area contributed by atoms with E-state index in [0.29, 0.717) is 0 Å². The van der Waals surface area contributed by atoms with Crippen LogP contribution < -0.4 is 10.5 Å². The first kappa shape index (κ1) is 11.5. The van der Waals surface area contributed by atoms with Gasteiger partial charge in [0.15, 0.2) is 5.65 Å². The van der Waals surface area contributed by atoms with Crippen LogP contribution in [0.3, 0.4) is 0 Å². The van der Waals surface area contributed by atoms with E-state index in [1.807, 2.05) is 19.1 Å². The van der Waals surface area contributed by atoms with E-state index >= 15 is 0 Å². The Hall–Kier alpha value is -1.62. The number of nitrogens with zero attached hydrogens (tertiary/aromatic N) is 3. The number of rotatable bonds is 2. The summed E-state index contributed by atoms with van der Waals surface area (Å²) in [5, 5.41) is 4.19. The first-order chi connectivity index (χ1) is 8.72. The Balaban J connectivity index is 1.87. The molecule has 0 bridgehead atoms. The molecule has 18 heavy (non-hydrogen) atoms. The quantitative estimate of drug-likeness (QED) is 0.875. The van der Waals surface area contributed by atoms with Crippen LogP contribution in [-0.2, 0) is 0 Å². The molecular weight excluding hydrogens is 228 g/mol. The Morgan fingerprint density at radius 2 is 2.28 bits per heavy atom. The van der Waals surface area contributed by atoms with Gasteiger partial charge in [0.1, 0.15) is 12.4 Å². The predicted molar refractivity (Wildman–Crippen MR) is 68.6 cm³/mol. The van der Waals surface area contributed by atoms with E-state index in [2.05, 4.69) is 10.1 Å². The second-order valence-corrected chi connectivity index (χ2v) is 5.07. The normalized spacial score (nSPS) is 24.3. The molecule has 0 aliphatic heterocycles. The summed E-state index contributed by atoms with van der Waals surface area (Å²) in [7, 11) is 0. The van der Waals surface area contributed by atoms with Gasteiger partial charge in [0.25, 0.3) is 0 Å².